The summed E-state index contributed by atoms with van der Waals surface area (Å²) in [6.45, 7) is 7.89. The molecule has 0 amide bonds. The van der Waals surface area contributed by atoms with E-state index in [9.17, 15) is 9.59 Å². The number of allylic oxidation sites excluding steroid dienone is 4. The van der Waals surface area contributed by atoms with Crippen molar-refractivity contribution < 1.29 is 19.1 Å². The van der Waals surface area contributed by atoms with Gasteiger partial charge in [0.05, 0.1) is 13.2 Å². The van der Waals surface area contributed by atoms with Crippen molar-refractivity contribution in [2.24, 2.45) is 11.8 Å². The maximum Gasteiger partial charge on any atom is 0.320 e. The van der Waals surface area contributed by atoms with Crippen molar-refractivity contribution in [1.29, 1.82) is 0 Å². The Balaban J connectivity index is 5.17. The summed E-state index contributed by atoms with van der Waals surface area (Å²) in [5, 5.41) is 0. The average Bonchev–Trinajstić information content (AvgIpc) is 2.40. The van der Waals surface area contributed by atoms with Gasteiger partial charge < -0.3 is 9.47 Å². The van der Waals surface area contributed by atoms with Crippen LogP contribution in [0.15, 0.2) is 24.3 Å². The lowest BCUT2D eigenvalue weighted by molar-refractivity contribution is -0.163. The van der Waals surface area contributed by atoms with Gasteiger partial charge in [-0.3, -0.25) is 9.59 Å². The second kappa shape index (κ2) is 11.3. The Kier molecular flexibility index (Phi) is 10.4. The number of hydrogen-bond donors (Lipinski definition) is 0. The average molecular weight is 282 g/mol. The van der Waals surface area contributed by atoms with Crippen LogP contribution in [0.25, 0.3) is 0 Å². The van der Waals surface area contributed by atoms with Crippen LogP contribution in [0.4, 0.5) is 0 Å². The minimum absolute atomic E-state index is 0.200. The van der Waals surface area contributed by atoms with E-state index in [0.717, 1.165) is 12.8 Å². The van der Waals surface area contributed by atoms with Crippen LogP contribution in [-0.4, -0.2) is 25.2 Å². The van der Waals surface area contributed by atoms with Crippen LogP contribution in [0.2, 0.25) is 0 Å². The summed E-state index contributed by atoms with van der Waals surface area (Å²) < 4.78 is 10.0. The minimum atomic E-state index is -0.878. The number of esters is 2. The first-order valence-corrected chi connectivity index (χ1v) is 7.24. The lowest BCUT2D eigenvalue weighted by Crippen LogP contribution is -2.33. The van der Waals surface area contributed by atoms with Crippen LogP contribution in [-0.2, 0) is 19.1 Å². The van der Waals surface area contributed by atoms with Gasteiger partial charge >= 0.3 is 11.9 Å². The molecule has 4 heteroatoms. The third kappa shape index (κ3) is 6.55. The summed E-state index contributed by atoms with van der Waals surface area (Å²) in [5.41, 5.74) is 0. The summed E-state index contributed by atoms with van der Waals surface area (Å²) in [6.07, 6.45) is 9.10. The Labute approximate surface area is 121 Å². The minimum Gasteiger partial charge on any atom is -0.465 e. The zero-order valence-electron chi connectivity index (χ0n) is 12.9. The number of ether oxygens (including phenoxy) is 2. The molecule has 1 unspecified atom stereocenters. The lowest BCUT2D eigenvalue weighted by atomic mass is 9.88. The molecule has 1 atom stereocenters. The summed E-state index contributed by atoms with van der Waals surface area (Å²) >= 11 is 0. The molecule has 0 radical (unpaired) electrons. The molecule has 0 aromatic rings. The summed E-state index contributed by atoms with van der Waals surface area (Å²) in [6, 6.07) is 0. The van der Waals surface area contributed by atoms with Crippen molar-refractivity contribution in [2.75, 3.05) is 13.2 Å². The maximum atomic E-state index is 12.0. The van der Waals surface area contributed by atoms with Gasteiger partial charge in [-0.2, -0.15) is 0 Å². The van der Waals surface area contributed by atoms with Gasteiger partial charge in [-0.25, -0.2) is 0 Å². The highest BCUT2D eigenvalue weighted by Gasteiger charge is 2.35. The highest BCUT2D eigenvalue weighted by Crippen LogP contribution is 2.23. The van der Waals surface area contributed by atoms with Gasteiger partial charge in [0.1, 0.15) is 0 Å². The van der Waals surface area contributed by atoms with Crippen molar-refractivity contribution >= 4 is 11.9 Å². The highest BCUT2D eigenvalue weighted by molar-refractivity contribution is 5.95. The fourth-order valence-electron chi connectivity index (χ4n) is 1.94. The van der Waals surface area contributed by atoms with Crippen molar-refractivity contribution in [3.63, 3.8) is 0 Å². The van der Waals surface area contributed by atoms with E-state index in [1.54, 1.807) is 13.8 Å². The summed E-state index contributed by atoms with van der Waals surface area (Å²) in [7, 11) is 0. The topological polar surface area (TPSA) is 52.6 Å². The molecular formula is C16H26O4. The highest BCUT2D eigenvalue weighted by atomic mass is 16.6. The van der Waals surface area contributed by atoms with E-state index in [4.69, 9.17) is 9.47 Å². The first-order valence-electron chi connectivity index (χ1n) is 7.24. The zero-order chi connectivity index (χ0) is 15.4. The monoisotopic (exact) mass is 282 g/mol. The second-order valence-electron chi connectivity index (χ2n) is 4.34. The van der Waals surface area contributed by atoms with Crippen LogP contribution < -0.4 is 0 Å². The molecular weight excluding hydrogens is 256 g/mol. The summed E-state index contributed by atoms with van der Waals surface area (Å²) in [5.74, 6) is -2.09. The molecule has 0 heterocycles. The molecule has 0 rings (SSSR count). The summed E-state index contributed by atoms with van der Waals surface area (Å²) in [4.78, 5) is 24.1. The van der Waals surface area contributed by atoms with Crippen LogP contribution in [0, 0.1) is 11.8 Å². The third-order valence-electron chi connectivity index (χ3n) is 2.79. The van der Waals surface area contributed by atoms with Gasteiger partial charge in [0.25, 0.3) is 0 Å². The number of rotatable bonds is 9. The molecule has 20 heavy (non-hydrogen) atoms. The maximum absolute atomic E-state index is 12.0. The molecule has 0 N–H and O–H groups in total. The van der Waals surface area contributed by atoms with Crippen molar-refractivity contribution in [1.82, 2.24) is 0 Å². The van der Waals surface area contributed by atoms with E-state index in [1.165, 1.54) is 0 Å². The Hall–Kier alpha value is -1.58. The molecule has 0 aromatic heterocycles. The lowest BCUT2D eigenvalue weighted by Gasteiger charge is -2.21. The van der Waals surface area contributed by atoms with E-state index in [-0.39, 0.29) is 19.1 Å². The standard InChI is InChI=1S/C16H26O4/c1-5-9-10-12-13(11-6-2)14(15(17)19-7-3)16(18)20-8-4/h5,9-10,12-14H,6-8,11H2,1-4H3/b9-5+,12-10+. The van der Waals surface area contributed by atoms with Crippen LogP contribution in [0.5, 0.6) is 0 Å². The Morgan fingerprint density at radius 2 is 1.55 bits per heavy atom. The SMILES string of the molecule is C/C=C/C=C/C(CCC)C(C(=O)OCC)C(=O)OCC. The van der Waals surface area contributed by atoms with Gasteiger partial charge in [0.2, 0.25) is 0 Å². The van der Waals surface area contributed by atoms with Crippen LogP contribution in [0.3, 0.4) is 0 Å². The largest absolute Gasteiger partial charge is 0.465 e. The number of carbonyl (C=O) groups excluding carboxylic acids is 2. The molecule has 0 spiro atoms. The van der Waals surface area contributed by atoms with Crippen molar-refractivity contribution in [3.8, 4) is 0 Å². The molecule has 4 nitrogen and oxygen atoms in total. The van der Waals surface area contributed by atoms with Gasteiger partial charge in [-0.05, 0) is 27.2 Å². The molecule has 0 fully saturated rings. The number of carbonyl (C=O) groups is 2. The Bertz CT molecular complexity index is 326. The van der Waals surface area contributed by atoms with Crippen molar-refractivity contribution in [3.05, 3.63) is 24.3 Å². The Morgan fingerprint density at radius 3 is 1.95 bits per heavy atom. The quantitative estimate of drug-likeness (QED) is 0.370. The fraction of sp³-hybridized carbons (Fsp3) is 0.625. The fourth-order valence-corrected chi connectivity index (χ4v) is 1.94. The van der Waals surface area contributed by atoms with Gasteiger partial charge in [0, 0.05) is 5.92 Å². The first kappa shape index (κ1) is 18.4. The van der Waals surface area contributed by atoms with Gasteiger partial charge in [-0.15, -0.1) is 0 Å². The van der Waals surface area contributed by atoms with Crippen LogP contribution >= 0.6 is 0 Å². The van der Waals surface area contributed by atoms with Gasteiger partial charge in [-0.1, -0.05) is 37.6 Å². The molecule has 0 saturated carbocycles. The molecule has 0 saturated heterocycles. The van der Waals surface area contributed by atoms with E-state index in [2.05, 4.69) is 0 Å². The zero-order valence-corrected chi connectivity index (χ0v) is 12.9. The molecule has 0 bridgehead atoms. The number of hydrogen-bond acceptors (Lipinski definition) is 4. The van der Waals surface area contributed by atoms with E-state index < -0.39 is 17.9 Å². The van der Waals surface area contributed by atoms with Crippen molar-refractivity contribution in [2.45, 2.75) is 40.5 Å². The first-order chi connectivity index (χ1) is 9.62. The van der Waals surface area contributed by atoms with Gasteiger partial charge in [0.15, 0.2) is 5.92 Å². The van der Waals surface area contributed by atoms with E-state index >= 15 is 0 Å². The Morgan fingerprint density at radius 1 is 1.00 bits per heavy atom. The van der Waals surface area contributed by atoms with Crippen LogP contribution in [0.1, 0.15) is 40.5 Å². The molecule has 114 valence electrons. The molecule has 0 aliphatic carbocycles. The second-order valence-corrected chi connectivity index (χ2v) is 4.34. The molecule has 0 aliphatic heterocycles. The van der Waals surface area contributed by atoms with E-state index in [0.29, 0.717) is 0 Å². The smallest absolute Gasteiger partial charge is 0.320 e. The predicted octanol–water partition coefficient (Wildman–Crippen LogP) is 3.28. The third-order valence-corrected chi connectivity index (χ3v) is 2.79. The normalized spacial score (nSPS) is 13.1. The molecule has 0 aromatic carbocycles. The predicted molar refractivity (Wildman–Crippen MR) is 79.1 cm³/mol. The van der Waals surface area contributed by atoms with E-state index in [1.807, 2.05) is 38.2 Å². The molecule has 0 aliphatic rings.